The summed E-state index contributed by atoms with van der Waals surface area (Å²) in [5, 5.41) is 7.73. The minimum atomic E-state index is -0.0341. The Morgan fingerprint density at radius 1 is 1.25 bits per heavy atom. The third-order valence-electron chi connectivity index (χ3n) is 1.96. The molecule has 2 nitrogen and oxygen atoms in total. The molecule has 1 N–H and O–H groups in total. The number of nitrogens with one attached hydrogen (secondary N) is 1. The Morgan fingerprint density at radius 2 is 2.12 bits per heavy atom. The minimum Gasteiger partial charge on any atom is -0.317 e. The minimum absolute atomic E-state index is 0.0341. The number of thiophene rings is 2. The molecule has 0 aromatic carbocycles. The van der Waals surface area contributed by atoms with Crippen LogP contribution in [0.4, 0.5) is 5.00 Å². The average molecular weight is 249 g/mol. The maximum Gasteiger partial charge on any atom is 0.221 e. The predicted molar refractivity (Wildman–Crippen MR) is 71.9 cm³/mol. The monoisotopic (exact) mass is 249 g/mol. The van der Waals surface area contributed by atoms with Crippen molar-refractivity contribution in [1.29, 1.82) is 0 Å². The van der Waals surface area contributed by atoms with Gasteiger partial charge in [-0.05, 0) is 29.0 Å². The lowest BCUT2D eigenvalue weighted by molar-refractivity contribution is -0.114. The smallest absolute Gasteiger partial charge is 0.221 e. The van der Waals surface area contributed by atoms with Crippen LogP contribution in [0, 0.1) is 0 Å². The van der Waals surface area contributed by atoms with Crippen LogP contribution in [0.2, 0.25) is 0 Å². The van der Waals surface area contributed by atoms with Crippen LogP contribution in [0.15, 0.2) is 29.0 Å². The van der Waals surface area contributed by atoms with Crippen molar-refractivity contribution in [3.8, 4) is 0 Å². The van der Waals surface area contributed by atoms with E-state index in [1.165, 1.54) is 23.1 Å². The number of amides is 1. The number of rotatable bonds is 3. The Hall–Kier alpha value is -1.39. The average Bonchev–Trinajstić information content (AvgIpc) is 2.84. The molecule has 0 atom stereocenters. The first-order valence-corrected chi connectivity index (χ1v) is 6.58. The Morgan fingerprint density at radius 3 is 2.81 bits per heavy atom. The fourth-order valence-corrected chi connectivity index (χ4v) is 2.71. The normalized spacial score (nSPS) is 10.8. The summed E-state index contributed by atoms with van der Waals surface area (Å²) in [6, 6.07) is 6.08. The molecule has 0 aliphatic carbocycles. The standard InChI is InChI=1S/C12H11NOS2/c1-9(14)13-12-10(6-8-16-12)4-5-11-3-2-7-15-11/h2-8H,1H3,(H,13,14)/b5-4+. The lowest BCUT2D eigenvalue weighted by Gasteiger charge is -1.98. The van der Waals surface area contributed by atoms with Crippen LogP contribution in [0.25, 0.3) is 12.2 Å². The van der Waals surface area contributed by atoms with Crippen LogP contribution in [0.5, 0.6) is 0 Å². The van der Waals surface area contributed by atoms with Crippen molar-refractivity contribution in [1.82, 2.24) is 0 Å². The molecule has 0 saturated heterocycles. The summed E-state index contributed by atoms with van der Waals surface area (Å²) in [4.78, 5) is 12.2. The van der Waals surface area contributed by atoms with E-state index in [0.717, 1.165) is 10.6 Å². The summed E-state index contributed by atoms with van der Waals surface area (Å²) in [6.45, 7) is 1.52. The summed E-state index contributed by atoms with van der Waals surface area (Å²) in [6.07, 6.45) is 4.08. The van der Waals surface area contributed by atoms with Gasteiger partial charge < -0.3 is 5.32 Å². The first kappa shape index (κ1) is 11.1. The van der Waals surface area contributed by atoms with E-state index in [2.05, 4.69) is 17.5 Å². The molecular weight excluding hydrogens is 238 g/mol. The molecule has 2 rings (SSSR count). The third-order valence-corrected chi connectivity index (χ3v) is 3.64. The van der Waals surface area contributed by atoms with E-state index >= 15 is 0 Å². The predicted octanol–water partition coefficient (Wildman–Crippen LogP) is 3.94. The van der Waals surface area contributed by atoms with Gasteiger partial charge in [0, 0.05) is 17.4 Å². The number of hydrogen-bond acceptors (Lipinski definition) is 3. The molecule has 0 aliphatic heterocycles. The lowest BCUT2D eigenvalue weighted by Crippen LogP contribution is -2.04. The van der Waals surface area contributed by atoms with Gasteiger partial charge in [0.05, 0.1) is 0 Å². The fourth-order valence-electron chi connectivity index (χ4n) is 1.27. The molecular formula is C12H11NOS2. The lowest BCUT2D eigenvalue weighted by atomic mass is 10.2. The van der Waals surface area contributed by atoms with Gasteiger partial charge in [-0.3, -0.25) is 4.79 Å². The molecule has 0 bridgehead atoms. The van der Waals surface area contributed by atoms with Crippen molar-refractivity contribution in [2.75, 3.05) is 5.32 Å². The van der Waals surface area contributed by atoms with Gasteiger partial charge >= 0.3 is 0 Å². The van der Waals surface area contributed by atoms with Crippen LogP contribution in [0.3, 0.4) is 0 Å². The van der Waals surface area contributed by atoms with Gasteiger partial charge in [-0.25, -0.2) is 0 Å². The summed E-state index contributed by atoms with van der Waals surface area (Å²) in [5.74, 6) is -0.0341. The van der Waals surface area contributed by atoms with Gasteiger partial charge in [-0.15, -0.1) is 22.7 Å². The Bertz CT molecular complexity index is 497. The molecule has 2 aromatic rings. The van der Waals surface area contributed by atoms with E-state index in [0.29, 0.717) is 0 Å². The van der Waals surface area contributed by atoms with Crippen LogP contribution in [-0.4, -0.2) is 5.91 Å². The molecule has 0 radical (unpaired) electrons. The molecule has 0 unspecified atom stereocenters. The molecule has 16 heavy (non-hydrogen) atoms. The topological polar surface area (TPSA) is 29.1 Å². The SMILES string of the molecule is CC(=O)Nc1sccc1/C=C/c1cccs1. The highest BCUT2D eigenvalue weighted by molar-refractivity contribution is 7.14. The quantitative estimate of drug-likeness (QED) is 0.877. The summed E-state index contributed by atoms with van der Waals surface area (Å²) in [5.41, 5.74) is 1.05. The van der Waals surface area contributed by atoms with Gasteiger partial charge in [-0.1, -0.05) is 12.1 Å². The second-order valence-corrected chi connectivity index (χ2v) is 5.13. The molecule has 0 spiro atoms. The van der Waals surface area contributed by atoms with Gasteiger partial charge in [0.2, 0.25) is 5.91 Å². The third kappa shape index (κ3) is 2.81. The van der Waals surface area contributed by atoms with E-state index < -0.39 is 0 Å². The van der Waals surface area contributed by atoms with E-state index in [1.54, 1.807) is 11.3 Å². The second-order valence-electron chi connectivity index (χ2n) is 3.24. The summed E-state index contributed by atoms with van der Waals surface area (Å²) < 4.78 is 0. The van der Waals surface area contributed by atoms with E-state index in [4.69, 9.17) is 0 Å². The van der Waals surface area contributed by atoms with Crippen LogP contribution < -0.4 is 5.32 Å². The maximum absolute atomic E-state index is 11.0. The van der Waals surface area contributed by atoms with Gasteiger partial charge in [0.15, 0.2) is 0 Å². The largest absolute Gasteiger partial charge is 0.317 e. The van der Waals surface area contributed by atoms with Crippen LogP contribution >= 0.6 is 22.7 Å². The summed E-state index contributed by atoms with van der Waals surface area (Å²) in [7, 11) is 0. The fraction of sp³-hybridized carbons (Fsp3) is 0.0833. The molecule has 4 heteroatoms. The van der Waals surface area contributed by atoms with Crippen molar-refractivity contribution in [3.05, 3.63) is 39.4 Å². The van der Waals surface area contributed by atoms with Crippen molar-refractivity contribution in [2.24, 2.45) is 0 Å². The molecule has 2 aromatic heterocycles. The van der Waals surface area contributed by atoms with Crippen LogP contribution in [0.1, 0.15) is 17.4 Å². The first-order valence-electron chi connectivity index (χ1n) is 4.82. The highest BCUT2D eigenvalue weighted by Crippen LogP contribution is 2.25. The maximum atomic E-state index is 11.0. The molecule has 0 fully saturated rings. The van der Waals surface area contributed by atoms with Gasteiger partial charge in [-0.2, -0.15) is 0 Å². The highest BCUT2D eigenvalue weighted by atomic mass is 32.1. The van der Waals surface area contributed by atoms with Crippen molar-refractivity contribution < 1.29 is 4.79 Å². The van der Waals surface area contributed by atoms with E-state index in [9.17, 15) is 4.79 Å². The molecule has 82 valence electrons. The number of carbonyl (C=O) groups excluding carboxylic acids is 1. The van der Waals surface area contributed by atoms with Crippen molar-refractivity contribution >= 4 is 45.7 Å². The number of hydrogen-bond donors (Lipinski definition) is 1. The molecule has 2 heterocycles. The van der Waals surface area contributed by atoms with Gasteiger partial charge in [0.25, 0.3) is 0 Å². The Kier molecular flexibility index (Phi) is 3.54. The van der Waals surface area contributed by atoms with Gasteiger partial charge in [0.1, 0.15) is 5.00 Å². The molecule has 0 aliphatic rings. The van der Waals surface area contributed by atoms with Crippen molar-refractivity contribution in [3.63, 3.8) is 0 Å². The first-order chi connectivity index (χ1) is 7.75. The zero-order chi connectivity index (χ0) is 11.4. The zero-order valence-corrected chi connectivity index (χ0v) is 10.4. The van der Waals surface area contributed by atoms with Crippen molar-refractivity contribution in [2.45, 2.75) is 6.92 Å². The summed E-state index contributed by atoms with van der Waals surface area (Å²) >= 11 is 3.23. The Labute approximate surface area is 102 Å². The number of anilines is 1. The Balaban J connectivity index is 2.15. The van der Waals surface area contributed by atoms with E-state index in [1.807, 2.05) is 29.0 Å². The highest BCUT2D eigenvalue weighted by Gasteiger charge is 2.02. The number of carbonyl (C=O) groups is 1. The van der Waals surface area contributed by atoms with Crippen LogP contribution in [-0.2, 0) is 4.79 Å². The second kappa shape index (κ2) is 5.09. The molecule has 1 amide bonds. The van der Waals surface area contributed by atoms with E-state index in [-0.39, 0.29) is 5.91 Å². The molecule has 0 saturated carbocycles. The zero-order valence-electron chi connectivity index (χ0n) is 8.77.